The van der Waals surface area contributed by atoms with E-state index in [4.69, 9.17) is 0 Å². The molecule has 4 aromatic rings. The van der Waals surface area contributed by atoms with Gasteiger partial charge in [-0.15, -0.1) is 0 Å². The average Bonchev–Trinajstić information content (AvgIpc) is 3.16. The van der Waals surface area contributed by atoms with Gasteiger partial charge >= 0.3 is 0 Å². The summed E-state index contributed by atoms with van der Waals surface area (Å²) in [6.45, 7) is 3.82. The number of pyridine rings is 1. The van der Waals surface area contributed by atoms with Crippen LogP contribution in [0.2, 0.25) is 0 Å². The highest BCUT2D eigenvalue weighted by Crippen LogP contribution is 2.20. The number of nitrogens with zero attached hydrogens (tertiary/aromatic N) is 5. The Labute approximate surface area is 155 Å². The molecule has 134 valence electrons. The van der Waals surface area contributed by atoms with Gasteiger partial charge in [0, 0.05) is 41.0 Å². The maximum atomic E-state index is 12.6. The molecule has 8 nitrogen and oxygen atoms in total. The van der Waals surface area contributed by atoms with E-state index in [0.29, 0.717) is 16.9 Å². The van der Waals surface area contributed by atoms with Crippen LogP contribution in [0, 0.1) is 6.92 Å². The fourth-order valence-electron chi connectivity index (χ4n) is 2.88. The molecule has 0 radical (unpaired) electrons. The zero-order valence-corrected chi connectivity index (χ0v) is 14.8. The molecule has 0 saturated carbocycles. The lowest BCUT2D eigenvalue weighted by molar-refractivity contribution is 0.0940. The van der Waals surface area contributed by atoms with Crippen molar-refractivity contribution >= 4 is 16.9 Å². The molecule has 4 rings (SSSR count). The van der Waals surface area contributed by atoms with E-state index in [0.717, 1.165) is 22.3 Å². The van der Waals surface area contributed by atoms with E-state index in [2.05, 4.69) is 35.7 Å². The normalized spacial score (nSPS) is 12.1. The first kappa shape index (κ1) is 16.8. The van der Waals surface area contributed by atoms with Crippen LogP contribution >= 0.6 is 0 Å². The van der Waals surface area contributed by atoms with Crippen LogP contribution < -0.4 is 5.32 Å². The van der Waals surface area contributed by atoms with Crippen LogP contribution in [0.5, 0.6) is 0 Å². The third-order valence-electron chi connectivity index (χ3n) is 4.35. The Morgan fingerprint density at radius 3 is 2.67 bits per heavy atom. The number of carbonyl (C=O) groups is 1. The van der Waals surface area contributed by atoms with E-state index in [1.54, 1.807) is 36.8 Å². The van der Waals surface area contributed by atoms with E-state index in [9.17, 15) is 4.79 Å². The Bertz CT molecular complexity index is 1110. The monoisotopic (exact) mass is 359 g/mol. The highest BCUT2D eigenvalue weighted by atomic mass is 16.1. The highest BCUT2D eigenvalue weighted by Gasteiger charge is 2.16. The van der Waals surface area contributed by atoms with Crippen LogP contribution in [0.15, 0.2) is 48.9 Å². The van der Waals surface area contributed by atoms with Crippen molar-refractivity contribution in [1.29, 1.82) is 0 Å². The molecular formula is C19H17N7O. The molecule has 0 aliphatic rings. The molecular weight excluding hydrogens is 342 g/mol. The summed E-state index contributed by atoms with van der Waals surface area (Å²) in [5, 5.41) is 13.5. The summed E-state index contributed by atoms with van der Waals surface area (Å²) in [6.07, 6.45) is 5.16. The van der Waals surface area contributed by atoms with Crippen LogP contribution in [0.1, 0.15) is 34.6 Å². The van der Waals surface area contributed by atoms with Gasteiger partial charge in [-0.3, -0.25) is 9.78 Å². The molecule has 27 heavy (non-hydrogen) atoms. The van der Waals surface area contributed by atoms with Gasteiger partial charge in [0.25, 0.3) is 5.91 Å². The number of aromatic nitrogens is 6. The average molecular weight is 359 g/mol. The van der Waals surface area contributed by atoms with Crippen LogP contribution in [-0.4, -0.2) is 36.3 Å². The number of benzene rings is 1. The van der Waals surface area contributed by atoms with Crippen molar-refractivity contribution in [2.75, 3.05) is 0 Å². The third-order valence-corrected chi connectivity index (χ3v) is 4.35. The van der Waals surface area contributed by atoms with Crippen molar-refractivity contribution in [3.8, 4) is 11.4 Å². The molecule has 3 aromatic heterocycles. The van der Waals surface area contributed by atoms with E-state index >= 15 is 0 Å². The van der Waals surface area contributed by atoms with Crippen molar-refractivity contribution in [2.45, 2.75) is 19.9 Å². The van der Waals surface area contributed by atoms with Gasteiger partial charge in [-0.1, -0.05) is 0 Å². The zero-order chi connectivity index (χ0) is 18.8. The van der Waals surface area contributed by atoms with Gasteiger partial charge in [-0.2, -0.15) is 15.4 Å². The first-order valence-electron chi connectivity index (χ1n) is 8.47. The number of H-pyrrole nitrogens is 1. The lowest BCUT2D eigenvalue weighted by Crippen LogP contribution is -2.27. The highest BCUT2D eigenvalue weighted by molar-refractivity contribution is 5.97. The van der Waals surface area contributed by atoms with Gasteiger partial charge in [0.15, 0.2) is 5.82 Å². The second-order valence-electron chi connectivity index (χ2n) is 6.19. The first-order chi connectivity index (χ1) is 13.1. The van der Waals surface area contributed by atoms with E-state index in [-0.39, 0.29) is 11.9 Å². The summed E-state index contributed by atoms with van der Waals surface area (Å²) < 4.78 is 0. The largest absolute Gasteiger partial charge is 0.345 e. The fraction of sp³-hybridized carbons (Fsp3) is 0.158. The number of rotatable bonds is 4. The third kappa shape index (κ3) is 3.37. The number of aryl methyl sites for hydroxylation is 1. The summed E-state index contributed by atoms with van der Waals surface area (Å²) in [4.78, 5) is 25.6. The summed E-state index contributed by atoms with van der Waals surface area (Å²) in [5.74, 6) is 0.443. The number of carbonyl (C=O) groups excluding carboxylic acids is 1. The molecule has 0 aliphatic carbocycles. The van der Waals surface area contributed by atoms with Crippen molar-refractivity contribution in [1.82, 2.24) is 35.7 Å². The molecule has 0 fully saturated rings. The molecule has 0 saturated heterocycles. The first-order valence-corrected chi connectivity index (χ1v) is 8.47. The lowest BCUT2D eigenvalue weighted by atomic mass is 10.1. The van der Waals surface area contributed by atoms with Gasteiger partial charge in [-0.25, -0.2) is 9.97 Å². The van der Waals surface area contributed by atoms with E-state index < -0.39 is 0 Å². The van der Waals surface area contributed by atoms with Crippen LogP contribution in [0.3, 0.4) is 0 Å². The maximum absolute atomic E-state index is 12.6. The minimum Gasteiger partial charge on any atom is -0.345 e. The van der Waals surface area contributed by atoms with Crippen LogP contribution in [0.4, 0.5) is 0 Å². The molecule has 1 aromatic carbocycles. The van der Waals surface area contributed by atoms with Gasteiger partial charge < -0.3 is 5.32 Å². The molecule has 2 N–H and O–H groups in total. The minimum atomic E-state index is -0.239. The molecule has 1 atom stereocenters. The number of amides is 1. The molecule has 1 unspecified atom stereocenters. The second kappa shape index (κ2) is 6.91. The fourth-order valence-corrected chi connectivity index (χ4v) is 2.88. The van der Waals surface area contributed by atoms with E-state index in [1.165, 1.54) is 0 Å². The molecule has 0 spiro atoms. The summed E-state index contributed by atoms with van der Waals surface area (Å²) in [7, 11) is 0. The Kier molecular flexibility index (Phi) is 4.29. The molecule has 8 heteroatoms. The Morgan fingerprint density at radius 2 is 1.89 bits per heavy atom. The van der Waals surface area contributed by atoms with Crippen molar-refractivity contribution < 1.29 is 4.79 Å². The number of hydrogen-bond acceptors (Lipinski definition) is 6. The van der Waals surface area contributed by atoms with Crippen molar-refractivity contribution in [2.24, 2.45) is 0 Å². The van der Waals surface area contributed by atoms with Gasteiger partial charge in [0.2, 0.25) is 0 Å². The van der Waals surface area contributed by atoms with Crippen molar-refractivity contribution in [3.05, 3.63) is 65.7 Å². The SMILES string of the molecule is Cc1nc(-c2ccncc2)ncc1C(C)NC(=O)c1ccc2n[nH]nc2c1. The number of nitrogens with one attached hydrogen (secondary N) is 2. The Morgan fingerprint density at radius 1 is 1.11 bits per heavy atom. The smallest absolute Gasteiger partial charge is 0.251 e. The predicted molar refractivity (Wildman–Crippen MR) is 99.8 cm³/mol. The minimum absolute atomic E-state index is 0.190. The summed E-state index contributed by atoms with van der Waals surface area (Å²) in [5.41, 5.74) is 4.47. The summed E-state index contributed by atoms with van der Waals surface area (Å²) in [6, 6.07) is 8.67. The van der Waals surface area contributed by atoms with Crippen LogP contribution in [-0.2, 0) is 0 Å². The Balaban J connectivity index is 1.53. The van der Waals surface area contributed by atoms with Crippen molar-refractivity contribution in [3.63, 3.8) is 0 Å². The van der Waals surface area contributed by atoms with E-state index in [1.807, 2.05) is 26.0 Å². The number of hydrogen-bond donors (Lipinski definition) is 2. The maximum Gasteiger partial charge on any atom is 0.251 e. The molecule has 1 amide bonds. The Hall–Kier alpha value is -3.68. The quantitative estimate of drug-likeness (QED) is 0.580. The second-order valence-corrected chi connectivity index (χ2v) is 6.19. The van der Waals surface area contributed by atoms with Crippen LogP contribution in [0.25, 0.3) is 22.4 Å². The molecule has 0 bridgehead atoms. The van der Waals surface area contributed by atoms with Gasteiger partial charge in [0.05, 0.1) is 6.04 Å². The van der Waals surface area contributed by atoms with Gasteiger partial charge in [-0.05, 0) is 44.2 Å². The standard InChI is InChI=1S/C19H17N7O/c1-11-15(10-21-18(22-11)13-5-7-20-8-6-13)12(2)23-19(27)14-3-4-16-17(9-14)25-26-24-16/h3-10,12H,1-2H3,(H,23,27)(H,24,25,26). The van der Waals surface area contributed by atoms with Gasteiger partial charge in [0.1, 0.15) is 11.0 Å². The lowest BCUT2D eigenvalue weighted by Gasteiger charge is -2.16. The topological polar surface area (TPSA) is 109 Å². The molecule has 3 heterocycles. The molecule has 0 aliphatic heterocycles. The summed E-state index contributed by atoms with van der Waals surface area (Å²) >= 11 is 0. The number of aromatic amines is 1. The predicted octanol–water partition coefficient (Wildman–Crippen LogP) is 2.61. The zero-order valence-electron chi connectivity index (χ0n) is 14.8. The number of fused-ring (bicyclic) bond motifs is 1.